The van der Waals surface area contributed by atoms with Gasteiger partial charge in [0.05, 0.1) is 16.1 Å². The second-order valence-electron chi connectivity index (χ2n) is 8.03. The van der Waals surface area contributed by atoms with Gasteiger partial charge in [-0.1, -0.05) is 11.6 Å². The zero-order valence-corrected chi connectivity index (χ0v) is 19.0. The van der Waals surface area contributed by atoms with Crippen LogP contribution in [0.25, 0.3) is 0 Å². The number of sulfonamides is 1. The van der Waals surface area contributed by atoms with Crippen LogP contribution in [0.5, 0.6) is 0 Å². The number of nitrogens with one attached hydrogen (secondary N) is 1. The molecule has 1 saturated heterocycles. The molecule has 0 bridgehead atoms. The van der Waals surface area contributed by atoms with Crippen LogP contribution in [0.15, 0.2) is 41.3 Å². The summed E-state index contributed by atoms with van der Waals surface area (Å²) >= 11 is 6.10. The molecule has 0 aromatic heterocycles. The maximum Gasteiger partial charge on any atom is 0.261 e. The van der Waals surface area contributed by atoms with Gasteiger partial charge in [0.25, 0.3) is 15.9 Å². The van der Waals surface area contributed by atoms with Crippen molar-refractivity contribution in [1.82, 2.24) is 4.90 Å². The van der Waals surface area contributed by atoms with Crippen LogP contribution in [0.2, 0.25) is 5.02 Å². The van der Waals surface area contributed by atoms with E-state index in [9.17, 15) is 18.0 Å². The summed E-state index contributed by atoms with van der Waals surface area (Å²) < 4.78 is 28.8. The molecule has 2 amide bonds. The predicted molar refractivity (Wildman–Crippen MR) is 120 cm³/mol. The second kappa shape index (κ2) is 8.16. The number of halogens is 1. The number of hydrogen-bond acceptors (Lipinski definition) is 4. The number of likely N-dealkylation sites (tertiary alicyclic amines) is 1. The average molecular weight is 462 g/mol. The first-order valence-corrected chi connectivity index (χ1v) is 12.1. The fraction of sp³-hybridized carbons (Fsp3) is 0.364. The van der Waals surface area contributed by atoms with Crippen molar-refractivity contribution in [2.75, 3.05) is 22.7 Å². The number of anilines is 2. The van der Waals surface area contributed by atoms with Crippen LogP contribution >= 0.6 is 11.6 Å². The van der Waals surface area contributed by atoms with Crippen LogP contribution in [0, 0.1) is 0 Å². The largest absolute Gasteiger partial charge is 0.339 e. The van der Waals surface area contributed by atoms with Crippen molar-refractivity contribution >= 4 is 44.8 Å². The minimum Gasteiger partial charge on any atom is -0.339 e. The van der Waals surface area contributed by atoms with Crippen molar-refractivity contribution in [2.45, 2.75) is 44.0 Å². The molecule has 2 aromatic carbocycles. The van der Waals surface area contributed by atoms with Gasteiger partial charge in [-0.25, -0.2) is 8.42 Å². The fourth-order valence-electron chi connectivity index (χ4n) is 4.34. The molecule has 0 aliphatic carbocycles. The highest BCUT2D eigenvalue weighted by molar-refractivity contribution is 7.92. The van der Waals surface area contributed by atoms with Gasteiger partial charge in [0.15, 0.2) is 0 Å². The van der Waals surface area contributed by atoms with E-state index in [0.717, 1.165) is 24.1 Å². The lowest BCUT2D eigenvalue weighted by molar-refractivity contribution is -0.116. The van der Waals surface area contributed by atoms with Gasteiger partial charge < -0.3 is 9.80 Å². The number of hydrogen-bond donors (Lipinski definition) is 1. The lowest BCUT2D eigenvalue weighted by Crippen LogP contribution is -2.33. The molecule has 1 unspecified atom stereocenters. The van der Waals surface area contributed by atoms with E-state index in [0.29, 0.717) is 24.5 Å². The van der Waals surface area contributed by atoms with Gasteiger partial charge in [-0.05, 0) is 68.1 Å². The Morgan fingerprint density at radius 3 is 2.48 bits per heavy atom. The van der Waals surface area contributed by atoms with Crippen LogP contribution in [0.4, 0.5) is 11.4 Å². The molecule has 31 heavy (non-hydrogen) atoms. The summed E-state index contributed by atoms with van der Waals surface area (Å²) in [7, 11) is -3.97. The van der Waals surface area contributed by atoms with E-state index in [2.05, 4.69) is 4.72 Å². The summed E-state index contributed by atoms with van der Waals surface area (Å²) in [5.74, 6) is -0.296. The highest BCUT2D eigenvalue weighted by atomic mass is 35.5. The monoisotopic (exact) mass is 461 g/mol. The minimum absolute atomic E-state index is 0.0315. The molecule has 1 atom stereocenters. The molecule has 0 saturated carbocycles. The van der Waals surface area contributed by atoms with Gasteiger partial charge in [-0.2, -0.15) is 0 Å². The maximum atomic E-state index is 13.1. The van der Waals surface area contributed by atoms with Crippen LogP contribution in [0.1, 0.15) is 42.6 Å². The first-order valence-electron chi connectivity index (χ1n) is 10.2. The third-order valence-electron chi connectivity index (χ3n) is 5.77. The number of carbonyl (C=O) groups excluding carboxylic acids is 2. The number of amides is 2. The van der Waals surface area contributed by atoms with E-state index < -0.39 is 10.0 Å². The van der Waals surface area contributed by atoms with Crippen molar-refractivity contribution in [3.63, 3.8) is 0 Å². The highest BCUT2D eigenvalue weighted by Crippen LogP contribution is 2.34. The molecule has 2 aliphatic heterocycles. The Morgan fingerprint density at radius 1 is 1.10 bits per heavy atom. The van der Waals surface area contributed by atoms with Crippen LogP contribution < -0.4 is 9.62 Å². The lowest BCUT2D eigenvalue weighted by Gasteiger charge is -2.21. The molecule has 2 heterocycles. The molecule has 0 radical (unpaired) electrons. The van der Waals surface area contributed by atoms with Gasteiger partial charge >= 0.3 is 0 Å². The number of nitrogens with zero attached hydrogens (tertiary/aromatic N) is 2. The molecule has 1 fully saturated rings. The molecule has 4 rings (SSSR count). The summed E-state index contributed by atoms with van der Waals surface area (Å²) in [6, 6.07) is 9.27. The third-order valence-corrected chi connectivity index (χ3v) is 7.36. The lowest BCUT2D eigenvalue weighted by atomic mass is 10.1. The van der Waals surface area contributed by atoms with Crippen LogP contribution in [-0.2, 0) is 21.2 Å². The first kappa shape index (κ1) is 21.6. The van der Waals surface area contributed by atoms with E-state index in [1.807, 2.05) is 6.92 Å². The number of benzene rings is 2. The molecule has 2 aliphatic rings. The van der Waals surface area contributed by atoms with Crippen molar-refractivity contribution in [1.29, 1.82) is 0 Å². The summed E-state index contributed by atoms with van der Waals surface area (Å²) in [5.41, 5.74) is 1.95. The Morgan fingerprint density at radius 2 is 1.81 bits per heavy atom. The SMILES string of the molecule is CC(=O)N1c2ccc(S(=O)(=O)Nc3cc(Cl)ccc3C(=O)N3CCCC3)cc2CC1C. The van der Waals surface area contributed by atoms with Gasteiger partial charge in [0, 0.05) is 36.8 Å². The topological polar surface area (TPSA) is 86.8 Å². The van der Waals surface area contributed by atoms with Gasteiger partial charge in [0.1, 0.15) is 0 Å². The normalized spacial score (nSPS) is 18.2. The third kappa shape index (κ3) is 4.14. The summed E-state index contributed by atoms with van der Waals surface area (Å²) in [5, 5.41) is 0.329. The molecule has 1 N–H and O–H groups in total. The molecule has 0 spiro atoms. The Kier molecular flexibility index (Phi) is 5.70. The highest BCUT2D eigenvalue weighted by Gasteiger charge is 2.31. The minimum atomic E-state index is -3.97. The van der Waals surface area contributed by atoms with Gasteiger partial charge in [0.2, 0.25) is 5.91 Å². The van der Waals surface area contributed by atoms with E-state index in [4.69, 9.17) is 11.6 Å². The standard InChI is InChI=1S/C22H24ClN3O4S/c1-14-11-16-12-18(6-8-21(16)26(14)15(2)27)31(29,30)24-20-13-17(23)5-7-19(20)22(28)25-9-3-4-10-25/h5-8,12-14,24H,3-4,9-11H2,1-2H3. The Balaban J connectivity index is 1.66. The summed E-state index contributed by atoms with van der Waals surface area (Å²) in [6.07, 6.45) is 2.45. The summed E-state index contributed by atoms with van der Waals surface area (Å²) in [6.45, 7) is 4.73. The molecule has 9 heteroatoms. The number of fused-ring (bicyclic) bond motifs is 1. The van der Waals surface area contributed by atoms with Crippen molar-refractivity contribution in [3.8, 4) is 0 Å². The summed E-state index contributed by atoms with van der Waals surface area (Å²) in [4.78, 5) is 28.3. The zero-order valence-electron chi connectivity index (χ0n) is 17.4. The quantitative estimate of drug-likeness (QED) is 0.752. The number of rotatable bonds is 4. The Labute approximate surface area is 187 Å². The van der Waals surface area contributed by atoms with Crippen LogP contribution in [0.3, 0.4) is 0 Å². The Hall–Kier alpha value is -2.58. The maximum absolute atomic E-state index is 13.1. The zero-order chi connectivity index (χ0) is 22.3. The van der Waals surface area contributed by atoms with Crippen LogP contribution in [-0.4, -0.2) is 44.3 Å². The molecular weight excluding hydrogens is 438 g/mol. The van der Waals surface area contributed by atoms with Crippen molar-refractivity contribution < 1.29 is 18.0 Å². The Bertz CT molecular complexity index is 1160. The van der Waals surface area contributed by atoms with Gasteiger partial charge in [-0.15, -0.1) is 0 Å². The smallest absolute Gasteiger partial charge is 0.261 e. The second-order valence-corrected chi connectivity index (χ2v) is 10.1. The van der Waals surface area contributed by atoms with E-state index in [1.165, 1.54) is 19.1 Å². The molecule has 2 aromatic rings. The molecular formula is C22H24ClN3O4S. The van der Waals surface area contributed by atoms with Gasteiger partial charge in [-0.3, -0.25) is 14.3 Å². The van der Waals surface area contributed by atoms with Crippen molar-refractivity contribution in [3.05, 3.63) is 52.5 Å². The number of carbonyl (C=O) groups is 2. The fourth-order valence-corrected chi connectivity index (χ4v) is 5.63. The average Bonchev–Trinajstić information content (AvgIpc) is 3.33. The van der Waals surface area contributed by atoms with E-state index in [1.54, 1.807) is 34.1 Å². The van der Waals surface area contributed by atoms with Crippen molar-refractivity contribution in [2.24, 2.45) is 0 Å². The van der Waals surface area contributed by atoms with E-state index >= 15 is 0 Å². The first-order chi connectivity index (χ1) is 14.7. The molecule has 164 valence electrons. The molecule has 7 nitrogen and oxygen atoms in total. The van der Waals surface area contributed by atoms with E-state index in [-0.39, 0.29) is 34.0 Å². The predicted octanol–water partition coefficient (Wildman–Crippen LogP) is 3.67.